The molecule has 0 saturated carbocycles. The van der Waals surface area contributed by atoms with Crippen molar-refractivity contribution in [3.8, 4) is 6.07 Å². The number of nitrogens with one attached hydrogen (secondary N) is 2. The largest absolute Gasteiger partial charge is 0.383 e. The van der Waals surface area contributed by atoms with E-state index < -0.39 is 5.91 Å². The summed E-state index contributed by atoms with van der Waals surface area (Å²) >= 11 is 5.86. The molecule has 1 rings (SSSR count). The van der Waals surface area contributed by atoms with Gasteiger partial charge in [0, 0.05) is 30.6 Å². The van der Waals surface area contributed by atoms with Crippen LogP contribution in [0.5, 0.6) is 0 Å². The summed E-state index contributed by atoms with van der Waals surface area (Å²) in [5, 5.41) is 15.1. The second-order valence-corrected chi connectivity index (χ2v) is 4.46. The van der Waals surface area contributed by atoms with E-state index >= 15 is 0 Å². The van der Waals surface area contributed by atoms with Crippen molar-refractivity contribution in [2.75, 3.05) is 25.6 Å². The molecule has 0 aliphatic rings. The molecule has 0 unspecified atom stereocenters. The Morgan fingerprint density at radius 2 is 2.30 bits per heavy atom. The molecular formula is C14H16ClN3O2. The summed E-state index contributed by atoms with van der Waals surface area (Å²) in [6.07, 6.45) is 1.37. The standard InChI is InChI=1S/C14H16ClN3O2/c1-10-7-12(15)3-4-13(10)18-9-11(8-16)14(19)17-5-6-20-2/h3-4,7,9,18H,5-6H2,1-2H3,(H,17,19)/b11-9-. The number of hydrogen-bond donors (Lipinski definition) is 2. The number of aryl methyl sites for hydroxylation is 1. The Labute approximate surface area is 123 Å². The van der Waals surface area contributed by atoms with Gasteiger partial charge in [-0.2, -0.15) is 5.26 Å². The zero-order chi connectivity index (χ0) is 15.0. The molecule has 0 bridgehead atoms. The van der Waals surface area contributed by atoms with Crippen molar-refractivity contribution in [2.24, 2.45) is 0 Å². The molecule has 0 aliphatic heterocycles. The predicted molar refractivity (Wildman–Crippen MR) is 78.4 cm³/mol. The molecule has 0 saturated heterocycles. The van der Waals surface area contributed by atoms with Crippen molar-refractivity contribution in [3.63, 3.8) is 0 Å². The summed E-state index contributed by atoms with van der Waals surface area (Å²) in [7, 11) is 1.54. The zero-order valence-corrected chi connectivity index (χ0v) is 12.1. The van der Waals surface area contributed by atoms with Crippen LogP contribution in [-0.2, 0) is 9.53 Å². The minimum Gasteiger partial charge on any atom is -0.383 e. The summed E-state index contributed by atoms with van der Waals surface area (Å²) in [6.45, 7) is 2.63. The number of amides is 1. The molecule has 1 aromatic carbocycles. The number of nitriles is 1. The molecule has 0 fully saturated rings. The van der Waals surface area contributed by atoms with Crippen molar-refractivity contribution < 1.29 is 9.53 Å². The number of carbonyl (C=O) groups is 1. The van der Waals surface area contributed by atoms with Gasteiger partial charge in [0.25, 0.3) is 5.91 Å². The average molecular weight is 294 g/mol. The second-order valence-electron chi connectivity index (χ2n) is 4.02. The van der Waals surface area contributed by atoms with Gasteiger partial charge < -0.3 is 15.4 Å². The second kappa shape index (κ2) is 8.20. The van der Waals surface area contributed by atoms with Gasteiger partial charge in [-0.3, -0.25) is 4.79 Å². The molecular weight excluding hydrogens is 278 g/mol. The highest BCUT2D eigenvalue weighted by Crippen LogP contribution is 2.19. The van der Waals surface area contributed by atoms with Crippen LogP contribution < -0.4 is 10.6 Å². The summed E-state index contributed by atoms with van der Waals surface area (Å²) in [6, 6.07) is 7.16. The smallest absolute Gasteiger partial charge is 0.263 e. The normalized spacial score (nSPS) is 10.8. The van der Waals surface area contributed by atoms with Crippen LogP contribution in [0.3, 0.4) is 0 Å². The SMILES string of the molecule is COCCNC(=O)/C(C#N)=C\Nc1ccc(Cl)cc1C. The van der Waals surface area contributed by atoms with Crippen LogP contribution >= 0.6 is 11.6 Å². The Balaban J connectivity index is 2.70. The number of hydrogen-bond acceptors (Lipinski definition) is 4. The Morgan fingerprint density at radius 1 is 1.55 bits per heavy atom. The van der Waals surface area contributed by atoms with Crippen LogP contribution in [0, 0.1) is 18.3 Å². The number of carbonyl (C=O) groups excluding carboxylic acids is 1. The van der Waals surface area contributed by atoms with Crippen LogP contribution in [0.1, 0.15) is 5.56 Å². The lowest BCUT2D eigenvalue weighted by Crippen LogP contribution is -2.28. The van der Waals surface area contributed by atoms with Gasteiger partial charge >= 0.3 is 0 Å². The fourth-order valence-corrected chi connectivity index (χ4v) is 1.68. The van der Waals surface area contributed by atoms with Gasteiger partial charge in [0.2, 0.25) is 0 Å². The van der Waals surface area contributed by atoms with Gasteiger partial charge in [-0.25, -0.2) is 0 Å². The zero-order valence-electron chi connectivity index (χ0n) is 11.4. The van der Waals surface area contributed by atoms with E-state index in [4.69, 9.17) is 21.6 Å². The molecule has 0 heterocycles. The predicted octanol–water partition coefficient (Wildman–Crippen LogP) is 2.23. The molecule has 1 amide bonds. The van der Waals surface area contributed by atoms with Gasteiger partial charge in [0.15, 0.2) is 0 Å². The third kappa shape index (κ3) is 4.92. The first kappa shape index (κ1) is 16.0. The average Bonchev–Trinajstić information content (AvgIpc) is 2.42. The van der Waals surface area contributed by atoms with E-state index in [0.29, 0.717) is 18.2 Å². The number of rotatable bonds is 6. The first-order valence-corrected chi connectivity index (χ1v) is 6.36. The molecule has 106 valence electrons. The molecule has 0 aromatic heterocycles. The van der Waals surface area contributed by atoms with Gasteiger partial charge in [0.1, 0.15) is 11.6 Å². The fraction of sp³-hybridized carbons (Fsp3) is 0.286. The Morgan fingerprint density at radius 3 is 2.90 bits per heavy atom. The van der Waals surface area contributed by atoms with E-state index in [1.165, 1.54) is 13.3 Å². The molecule has 1 aromatic rings. The molecule has 5 nitrogen and oxygen atoms in total. The topological polar surface area (TPSA) is 74.1 Å². The summed E-state index contributed by atoms with van der Waals surface area (Å²) in [5.74, 6) is -0.441. The quantitative estimate of drug-likeness (QED) is 0.479. The third-order valence-electron chi connectivity index (χ3n) is 2.52. The van der Waals surface area contributed by atoms with Crippen molar-refractivity contribution in [1.82, 2.24) is 5.32 Å². The van der Waals surface area contributed by atoms with Gasteiger partial charge in [-0.15, -0.1) is 0 Å². The van der Waals surface area contributed by atoms with Crippen LogP contribution in [0.2, 0.25) is 5.02 Å². The Kier molecular flexibility index (Phi) is 6.57. The monoisotopic (exact) mass is 293 g/mol. The van der Waals surface area contributed by atoms with Crippen molar-refractivity contribution >= 4 is 23.2 Å². The highest BCUT2D eigenvalue weighted by atomic mass is 35.5. The van der Waals surface area contributed by atoms with Crippen molar-refractivity contribution in [2.45, 2.75) is 6.92 Å². The van der Waals surface area contributed by atoms with Crippen LogP contribution in [0.4, 0.5) is 5.69 Å². The molecule has 0 aliphatic carbocycles. The van der Waals surface area contributed by atoms with E-state index in [9.17, 15) is 4.79 Å². The molecule has 0 atom stereocenters. The van der Waals surface area contributed by atoms with Gasteiger partial charge in [0.05, 0.1) is 6.61 Å². The molecule has 6 heteroatoms. The lowest BCUT2D eigenvalue weighted by molar-refractivity contribution is -0.117. The highest BCUT2D eigenvalue weighted by Gasteiger charge is 2.08. The molecule has 0 radical (unpaired) electrons. The number of benzene rings is 1. The molecule has 20 heavy (non-hydrogen) atoms. The minimum atomic E-state index is -0.441. The first-order valence-electron chi connectivity index (χ1n) is 5.98. The maximum Gasteiger partial charge on any atom is 0.263 e. The summed E-state index contributed by atoms with van der Waals surface area (Å²) in [5.41, 5.74) is 1.70. The van der Waals surface area contributed by atoms with E-state index in [1.807, 2.05) is 13.0 Å². The number of ether oxygens (including phenoxy) is 1. The summed E-state index contributed by atoms with van der Waals surface area (Å²) < 4.78 is 4.82. The summed E-state index contributed by atoms with van der Waals surface area (Å²) in [4.78, 5) is 11.7. The minimum absolute atomic E-state index is 0.00421. The number of halogens is 1. The lowest BCUT2D eigenvalue weighted by Gasteiger charge is -2.07. The van der Waals surface area contributed by atoms with E-state index in [0.717, 1.165) is 11.3 Å². The number of methoxy groups -OCH3 is 1. The highest BCUT2D eigenvalue weighted by molar-refractivity contribution is 6.30. The van der Waals surface area contributed by atoms with Crippen LogP contribution in [0.15, 0.2) is 30.0 Å². The molecule has 2 N–H and O–H groups in total. The van der Waals surface area contributed by atoms with Gasteiger partial charge in [-0.1, -0.05) is 11.6 Å². The third-order valence-corrected chi connectivity index (χ3v) is 2.75. The van der Waals surface area contributed by atoms with Gasteiger partial charge in [-0.05, 0) is 30.7 Å². The maximum atomic E-state index is 11.7. The first-order chi connectivity index (χ1) is 9.58. The van der Waals surface area contributed by atoms with Crippen LogP contribution in [0.25, 0.3) is 0 Å². The van der Waals surface area contributed by atoms with Crippen LogP contribution in [-0.4, -0.2) is 26.2 Å². The lowest BCUT2D eigenvalue weighted by atomic mass is 10.2. The number of anilines is 1. The van der Waals surface area contributed by atoms with Crippen molar-refractivity contribution in [3.05, 3.63) is 40.6 Å². The molecule has 0 spiro atoms. The fourth-order valence-electron chi connectivity index (χ4n) is 1.45. The number of nitrogens with zero attached hydrogens (tertiary/aromatic N) is 1. The van der Waals surface area contributed by atoms with Crippen molar-refractivity contribution in [1.29, 1.82) is 5.26 Å². The van der Waals surface area contributed by atoms with E-state index in [1.54, 1.807) is 18.2 Å². The Bertz CT molecular complexity index is 550. The van der Waals surface area contributed by atoms with E-state index in [2.05, 4.69) is 10.6 Å². The Hall–Kier alpha value is -2.03. The van der Waals surface area contributed by atoms with E-state index in [-0.39, 0.29) is 5.57 Å². The maximum absolute atomic E-state index is 11.7.